The van der Waals surface area contributed by atoms with Crippen molar-refractivity contribution in [2.24, 2.45) is 0 Å². The molecule has 1 aromatic heterocycles. The van der Waals surface area contributed by atoms with Crippen LogP contribution in [-0.2, 0) is 6.61 Å². The average Bonchev–Trinajstić information content (AvgIpc) is 2.04. The molecule has 0 radical (unpaired) electrons. The summed E-state index contributed by atoms with van der Waals surface area (Å²) in [5.41, 5.74) is 0.426. The van der Waals surface area contributed by atoms with Crippen LogP contribution in [0, 0.1) is 18.3 Å². The number of halogens is 1. The lowest BCUT2D eigenvalue weighted by Crippen LogP contribution is -1.95. The second kappa shape index (κ2) is 3.13. The van der Waals surface area contributed by atoms with Gasteiger partial charge in [-0.05, 0) is 11.6 Å². The van der Waals surface area contributed by atoms with Gasteiger partial charge in [0, 0.05) is 6.20 Å². The molecule has 1 aromatic rings. The molecule has 0 aliphatic rings. The maximum Gasteiger partial charge on any atom is 0.228 e. The second-order valence-electron chi connectivity index (χ2n) is 1.94. The first-order valence-electron chi connectivity index (χ1n) is 3.00. The molecule has 2 nitrogen and oxygen atoms in total. The van der Waals surface area contributed by atoms with Gasteiger partial charge in [0.25, 0.3) is 0 Å². The van der Waals surface area contributed by atoms with E-state index in [0.717, 1.165) is 0 Å². The van der Waals surface area contributed by atoms with Gasteiger partial charge in [0.15, 0.2) is 0 Å². The summed E-state index contributed by atoms with van der Waals surface area (Å²) < 4.78 is 12.7. The molecule has 56 valence electrons. The molecule has 0 aliphatic heterocycles. The Hall–Kier alpha value is -1.40. The molecule has 0 aliphatic carbocycles. The first-order valence-corrected chi connectivity index (χ1v) is 3.00. The van der Waals surface area contributed by atoms with E-state index in [2.05, 4.69) is 10.9 Å². The van der Waals surface area contributed by atoms with Gasteiger partial charge in [0.1, 0.15) is 0 Å². The standard InChI is InChI=1S/C8H6FNO/c1-2-7-6(5-11)3-4-10-8(7)9/h1,3-4,11H,5H2. The van der Waals surface area contributed by atoms with Crippen LogP contribution >= 0.6 is 0 Å². The van der Waals surface area contributed by atoms with Crippen LogP contribution in [-0.4, -0.2) is 10.1 Å². The Kier molecular flexibility index (Phi) is 2.19. The van der Waals surface area contributed by atoms with Crippen molar-refractivity contribution in [2.45, 2.75) is 6.61 Å². The Bertz CT molecular complexity index is 303. The van der Waals surface area contributed by atoms with Crippen molar-refractivity contribution < 1.29 is 9.50 Å². The zero-order valence-electron chi connectivity index (χ0n) is 5.71. The predicted molar refractivity (Wildman–Crippen MR) is 38.1 cm³/mol. The number of hydrogen-bond donors (Lipinski definition) is 1. The van der Waals surface area contributed by atoms with Gasteiger partial charge in [-0.25, -0.2) is 4.98 Å². The first-order chi connectivity index (χ1) is 5.29. The molecule has 1 N–H and O–H groups in total. The summed E-state index contributed by atoms with van der Waals surface area (Å²) in [5, 5.41) is 8.68. The fraction of sp³-hybridized carbons (Fsp3) is 0.125. The van der Waals surface area contributed by atoms with Gasteiger partial charge < -0.3 is 5.11 Å². The molecule has 0 bridgehead atoms. The van der Waals surface area contributed by atoms with Crippen molar-refractivity contribution >= 4 is 0 Å². The van der Waals surface area contributed by atoms with E-state index in [4.69, 9.17) is 11.5 Å². The third-order valence-electron chi connectivity index (χ3n) is 1.31. The maximum absolute atomic E-state index is 12.7. The molecule has 0 spiro atoms. The lowest BCUT2D eigenvalue weighted by Gasteiger charge is -1.99. The Morgan fingerprint density at radius 3 is 2.91 bits per heavy atom. The number of hydrogen-bond acceptors (Lipinski definition) is 2. The highest BCUT2D eigenvalue weighted by molar-refractivity contribution is 5.37. The van der Waals surface area contributed by atoms with E-state index in [1.807, 2.05) is 0 Å². The van der Waals surface area contributed by atoms with Gasteiger partial charge in [0.05, 0.1) is 12.2 Å². The fourth-order valence-corrected chi connectivity index (χ4v) is 0.757. The molecule has 1 heterocycles. The molecular formula is C8H6FNO. The highest BCUT2D eigenvalue weighted by atomic mass is 19.1. The lowest BCUT2D eigenvalue weighted by molar-refractivity contribution is 0.280. The van der Waals surface area contributed by atoms with E-state index in [1.54, 1.807) is 0 Å². The van der Waals surface area contributed by atoms with E-state index < -0.39 is 5.95 Å². The number of rotatable bonds is 1. The number of aliphatic hydroxyl groups excluding tert-OH is 1. The van der Waals surface area contributed by atoms with Gasteiger partial charge >= 0.3 is 0 Å². The van der Waals surface area contributed by atoms with Gasteiger partial charge in [-0.1, -0.05) is 5.92 Å². The van der Waals surface area contributed by atoms with Crippen LogP contribution in [0.25, 0.3) is 0 Å². The van der Waals surface area contributed by atoms with Crippen molar-refractivity contribution in [1.29, 1.82) is 0 Å². The molecule has 0 fully saturated rings. The molecule has 0 saturated heterocycles. The van der Waals surface area contributed by atoms with E-state index in [0.29, 0.717) is 5.56 Å². The smallest absolute Gasteiger partial charge is 0.228 e. The SMILES string of the molecule is C#Cc1c(CO)ccnc1F. The van der Waals surface area contributed by atoms with Crippen molar-refractivity contribution in [3.8, 4) is 12.3 Å². The predicted octanol–water partition coefficient (Wildman–Crippen LogP) is 0.694. The van der Waals surface area contributed by atoms with Crippen LogP contribution in [0.15, 0.2) is 12.3 Å². The zero-order chi connectivity index (χ0) is 8.27. The Morgan fingerprint density at radius 2 is 2.45 bits per heavy atom. The number of terminal acetylenes is 1. The molecule has 0 atom stereocenters. The largest absolute Gasteiger partial charge is 0.392 e. The van der Waals surface area contributed by atoms with E-state index in [9.17, 15) is 4.39 Å². The molecule has 1 rings (SSSR count). The van der Waals surface area contributed by atoms with Gasteiger partial charge in [-0.3, -0.25) is 0 Å². The molecular weight excluding hydrogens is 145 g/mol. The minimum Gasteiger partial charge on any atom is -0.392 e. The van der Waals surface area contributed by atoms with Gasteiger partial charge in [0.2, 0.25) is 5.95 Å². The van der Waals surface area contributed by atoms with Gasteiger partial charge in [-0.2, -0.15) is 4.39 Å². The molecule has 0 amide bonds. The Balaban J connectivity index is 3.27. The van der Waals surface area contributed by atoms with Gasteiger partial charge in [-0.15, -0.1) is 6.42 Å². The summed E-state index contributed by atoms with van der Waals surface area (Å²) in [6, 6.07) is 1.48. The highest BCUT2D eigenvalue weighted by Gasteiger charge is 2.04. The second-order valence-corrected chi connectivity index (χ2v) is 1.94. The van der Waals surface area contributed by atoms with E-state index >= 15 is 0 Å². The van der Waals surface area contributed by atoms with Crippen molar-refractivity contribution in [2.75, 3.05) is 0 Å². The minimum absolute atomic E-state index is 0.0370. The third-order valence-corrected chi connectivity index (χ3v) is 1.31. The topological polar surface area (TPSA) is 33.1 Å². The molecule has 0 saturated carbocycles. The monoisotopic (exact) mass is 151 g/mol. The molecule has 0 aromatic carbocycles. The summed E-state index contributed by atoms with van der Waals surface area (Å²) in [6.07, 6.45) is 6.25. The molecule has 0 unspecified atom stereocenters. The molecule has 11 heavy (non-hydrogen) atoms. The number of nitrogens with zero attached hydrogens (tertiary/aromatic N) is 1. The van der Waals surface area contributed by atoms with Crippen molar-refractivity contribution in [3.63, 3.8) is 0 Å². The summed E-state index contributed by atoms with van der Waals surface area (Å²) in [7, 11) is 0. The third kappa shape index (κ3) is 1.36. The number of aliphatic hydroxyl groups is 1. The van der Waals surface area contributed by atoms with Crippen LogP contribution in [0.1, 0.15) is 11.1 Å². The van der Waals surface area contributed by atoms with E-state index in [1.165, 1.54) is 12.3 Å². The lowest BCUT2D eigenvalue weighted by atomic mass is 10.1. The van der Waals surface area contributed by atoms with Crippen LogP contribution in [0.5, 0.6) is 0 Å². The molecule has 3 heteroatoms. The van der Waals surface area contributed by atoms with Crippen LogP contribution < -0.4 is 0 Å². The summed E-state index contributed by atoms with van der Waals surface area (Å²) >= 11 is 0. The van der Waals surface area contributed by atoms with Crippen LogP contribution in [0.2, 0.25) is 0 Å². The zero-order valence-corrected chi connectivity index (χ0v) is 5.71. The fourth-order valence-electron chi connectivity index (χ4n) is 0.757. The van der Waals surface area contributed by atoms with Crippen LogP contribution in [0.4, 0.5) is 4.39 Å². The quantitative estimate of drug-likeness (QED) is 0.473. The average molecular weight is 151 g/mol. The first kappa shape index (κ1) is 7.70. The van der Waals surface area contributed by atoms with E-state index in [-0.39, 0.29) is 12.2 Å². The Morgan fingerprint density at radius 1 is 1.73 bits per heavy atom. The number of aromatic nitrogens is 1. The van der Waals surface area contributed by atoms with Crippen molar-refractivity contribution in [1.82, 2.24) is 4.98 Å². The maximum atomic E-state index is 12.7. The normalized spacial score (nSPS) is 9.18. The van der Waals surface area contributed by atoms with Crippen molar-refractivity contribution in [3.05, 3.63) is 29.3 Å². The summed E-state index contributed by atoms with van der Waals surface area (Å²) in [6.45, 7) is -0.265. The highest BCUT2D eigenvalue weighted by Crippen LogP contribution is 2.08. The minimum atomic E-state index is -0.709. The summed E-state index contributed by atoms with van der Waals surface area (Å²) in [5.74, 6) is 1.41. The Labute approximate surface area is 63.7 Å². The van der Waals surface area contributed by atoms with Crippen LogP contribution in [0.3, 0.4) is 0 Å². The number of pyridine rings is 1. The summed E-state index contributed by atoms with van der Waals surface area (Å²) in [4.78, 5) is 3.34.